The third-order valence-electron chi connectivity index (χ3n) is 1.97. The summed E-state index contributed by atoms with van der Waals surface area (Å²) in [6.45, 7) is 11.8. The fourth-order valence-electron chi connectivity index (χ4n) is 0.869. The standard InChI is InChI=1S/C9H18O/c1-6(2)8(5)9(10)7(3)4/h7-10H,1H2,2-5H3/t8-,9+/m0/s1. The summed E-state index contributed by atoms with van der Waals surface area (Å²) in [6, 6.07) is 0. The van der Waals surface area contributed by atoms with Crippen molar-refractivity contribution >= 4 is 0 Å². The quantitative estimate of drug-likeness (QED) is 0.599. The van der Waals surface area contributed by atoms with E-state index < -0.39 is 0 Å². The van der Waals surface area contributed by atoms with Gasteiger partial charge in [0.1, 0.15) is 0 Å². The van der Waals surface area contributed by atoms with Crippen molar-refractivity contribution in [2.75, 3.05) is 0 Å². The Morgan fingerprint density at radius 3 is 1.80 bits per heavy atom. The van der Waals surface area contributed by atoms with E-state index in [2.05, 4.69) is 6.58 Å². The molecule has 0 rings (SSSR count). The van der Waals surface area contributed by atoms with Crippen LogP contribution in [0.2, 0.25) is 0 Å². The van der Waals surface area contributed by atoms with Crippen LogP contribution < -0.4 is 0 Å². The Bertz CT molecular complexity index is 116. The summed E-state index contributed by atoms with van der Waals surface area (Å²) in [5, 5.41) is 9.50. The molecular formula is C9H18O. The van der Waals surface area contributed by atoms with Crippen molar-refractivity contribution in [3.05, 3.63) is 12.2 Å². The number of hydrogen-bond acceptors (Lipinski definition) is 1. The van der Waals surface area contributed by atoms with Crippen LogP contribution >= 0.6 is 0 Å². The molecule has 0 aromatic heterocycles. The van der Waals surface area contributed by atoms with Crippen molar-refractivity contribution in [1.29, 1.82) is 0 Å². The first-order valence-electron chi connectivity index (χ1n) is 3.80. The fraction of sp³-hybridized carbons (Fsp3) is 0.778. The SMILES string of the molecule is C=C(C)[C@H](C)[C@H](O)C(C)C. The molecule has 0 aliphatic heterocycles. The van der Waals surface area contributed by atoms with E-state index in [1.165, 1.54) is 0 Å². The molecule has 0 saturated carbocycles. The smallest absolute Gasteiger partial charge is 0.0625 e. The van der Waals surface area contributed by atoms with E-state index in [-0.39, 0.29) is 12.0 Å². The van der Waals surface area contributed by atoms with Crippen LogP contribution in [0, 0.1) is 11.8 Å². The topological polar surface area (TPSA) is 20.2 Å². The molecule has 1 nitrogen and oxygen atoms in total. The fourth-order valence-corrected chi connectivity index (χ4v) is 0.869. The summed E-state index contributed by atoms with van der Waals surface area (Å²) >= 11 is 0. The van der Waals surface area contributed by atoms with Crippen LogP contribution in [0.15, 0.2) is 12.2 Å². The highest BCUT2D eigenvalue weighted by atomic mass is 16.3. The summed E-state index contributed by atoms with van der Waals surface area (Å²) in [7, 11) is 0. The summed E-state index contributed by atoms with van der Waals surface area (Å²) in [4.78, 5) is 0. The molecule has 0 radical (unpaired) electrons. The van der Waals surface area contributed by atoms with Gasteiger partial charge >= 0.3 is 0 Å². The first-order chi connectivity index (χ1) is 4.46. The first-order valence-corrected chi connectivity index (χ1v) is 3.80. The molecule has 0 saturated heterocycles. The molecule has 10 heavy (non-hydrogen) atoms. The third kappa shape index (κ3) is 2.53. The van der Waals surface area contributed by atoms with Crippen molar-refractivity contribution in [3.63, 3.8) is 0 Å². The van der Waals surface area contributed by atoms with E-state index in [1.807, 2.05) is 27.7 Å². The zero-order valence-electron chi connectivity index (χ0n) is 7.39. The highest BCUT2D eigenvalue weighted by Crippen LogP contribution is 2.18. The minimum absolute atomic E-state index is 0.222. The molecule has 2 atom stereocenters. The lowest BCUT2D eigenvalue weighted by atomic mass is 9.90. The van der Waals surface area contributed by atoms with Gasteiger partial charge in [-0.05, 0) is 12.8 Å². The van der Waals surface area contributed by atoms with Gasteiger partial charge in [-0.2, -0.15) is 0 Å². The zero-order chi connectivity index (χ0) is 8.31. The Balaban J connectivity index is 3.94. The number of aliphatic hydroxyl groups excluding tert-OH is 1. The molecule has 0 spiro atoms. The van der Waals surface area contributed by atoms with E-state index >= 15 is 0 Å². The summed E-state index contributed by atoms with van der Waals surface area (Å²) < 4.78 is 0. The molecule has 0 heterocycles. The monoisotopic (exact) mass is 142 g/mol. The van der Waals surface area contributed by atoms with Crippen LogP contribution in [0.1, 0.15) is 27.7 Å². The molecule has 0 amide bonds. The van der Waals surface area contributed by atoms with Crippen LogP contribution in [0.5, 0.6) is 0 Å². The second-order valence-corrected chi connectivity index (χ2v) is 3.37. The van der Waals surface area contributed by atoms with Gasteiger partial charge in [-0.15, -0.1) is 0 Å². The highest BCUT2D eigenvalue weighted by Gasteiger charge is 2.17. The van der Waals surface area contributed by atoms with Crippen molar-refractivity contribution in [2.24, 2.45) is 11.8 Å². The second kappa shape index (κ2) is 3.77. The molecule has 0 aromatic carbocycles. The second-order valence-electron chi connectivity index (χ2n) is 3.37. The summed E-state index contributed by atoms with van der Waals surface area (Å²) in [5.74, 6) is 0.548. The van der Waals surface area contributed by atoms with Crippen LogP contribution in [0.3, 0.4) is 0 Å². The molecule has 0 aliphatic rings. The van der Waals surface area contributed by atoms with Crippen molar-refractivity contribution in [2.45, 2.75) is 33.8 Å². The Morgan fingerprint density at radius 2 is 1.70 bits per heavy atom. The third-order valence-corrected chi connectivity index (χ3v) is 1.97. The Labute approximate surface area is 63.8 Å². The summed E-state index contributed by atoms with van der Waals surface area (Å²) in [6.07, 6.45) is -0.238. The van der Waals surface area contributed by atoms with Gasteiger partial charge in [-0.3, -0.25) is 0 Å². The van der Waals surface area contributed by atoms with Crippen molar-refractivity contribution in [1.82, 2.24) is 0 Å². The molecule has 0 aromatic rings. The average molecular weight is 142 g/mol. The van der Waals surface area contributed by atoms with Crippen LogP contribution in [0.25, 0.3) is 0 Å². The predicted octanol–water partition coefficient (Wildman–Crippen LogP) is 2.22. The van der Waals surface area contributed by atoms with Crippen LogP contribution in [0.4, 0.5) is 0 Å². The molecule has 1 heteroatoms. The number of aliphatic hydroxyl groups is 1. The zero-order valence-corrected chi connectivity index (χ0v) is 7.39. The van der Waals surface area contributed by atoms with Gasteiger partial charge in [0, 0.05) is 5.92 Å². The van der Waals surface area contributed by atoms with Gasteiger partial charge in [0.05, 0.1) is 6.10 Å². The summed E-state index contributed by atoms with van der Waals surface area (Å²) in [5.41, 5.74) is 1.06. The van der Waals surface area contributed by atoms with Gasteiger partial charge in [0.15, 0.2) is 0 Å². The Hall–Kier alpha value is -0.300. The van der Waals surface area contributed by atoms with Gasteiger partial charge in [-0.25, -0.2) is 0 Å². The van der Waals surface area contributed by atoms with Crippen molar-refractivity contribution < 1.29 is 5.11 Å². The molecule has 60 valence electrons. The molecule has 0 unspecified atom stereocenters. The number of hydrogen-bond donors (Lipinski definition) is 1. The lowest BCUT2D eigenvalue weighted by Gasteiger charge is -2.21. The highest BCUT2D eigenvalue weighted by molar-refractivity contribution is 4.97. The molecular weight excluding hydrogens is 124 g/mol. The maximum atomic E-state index is 9.50. The van der Waals surface area contributed by atoms with Gasteiger partial charge < -0.3 is 5.11 Å². The average Bonchev–Trinajstić information content (AvgIpc) is 1.84. The minimum Gasteiger partial charge on any atom is -0.392 e. The lowest BCUT2D eigenvalue weighted by Crippen LogP contribution is -2.23. The van der Waals surface area contributed by atoms with E-state index in [4.69, 9.17) is 0 Å². The normalized spacial score (nSPS) is 17.0. The molecule has 1 N–H and O–H groups in total. The van der Waals surface area contributed by atoms with Gasteiger partial charge in [-0.1, -0.05) is 32.9 Å². The maximum Gasteiger partial charge on any atom is 0.0625 e. The first kappa shape index (κ1) is 9.70. The van der Waals surface area contributed by atoms with Gasteiger partial charge in [0.25, 0.3) is 0 Å². The van der Waals surface area contributed by atoms with Crippen LogP contribution in [-0.4, -0.2) is 11.2 Å². The predicted molar refractivity (Wildman–Crippen MR) is 44.8 cm³/mol. The molecule has 0 fully saturated rings. The van der Waals surface area contributed by atoms with E-state index in [1.54, 1.807) is 0 Å². The van der Waals surface area contributed by atoms with Crippen molar-refractivity contribution in [3.8, 4) is 0 Å². The van der Waals surface area contributed by atoms with Crippen LogP contribution in [-0.2, 0) is 0 Å². The van der Waals surface area contributed by atoms with E-state index in [0.29, 0.717) is 5.92 Å². The maximum absolute atomic E-state index is 9.50. The molecule has 0 aliphatic carbocycles. The molecule has 0 bridgehead atoms. The lowest BCUT2D eigenvalue weighted by molar-refractivity contribution is 0.0869. The number of rotatable bonds is 3. The van der Waals surface area contributed by atoms with E-state index in [9.17, 15) is 5.11 Å². The Kier molecular flexibility index (Phi) is 3.66. The van der Waals surface area contributed by atoms with Gasteiger partial charge in [0.2, 0.25) is 0 Å². The Morgan fingerprint density at radius 1 is 1.30 bits per heavy atom. The minimum atomic E-state index is -0.238. The largest absolute Gasteiger partial charge is 0.392 e. The van der Waals surface area contributed by atoms with E-state index in [0.717, 1.165) is 5.57 Å².